The second kappa shape index (κ2) is 16.1. The van der Waals surface area contributed by atoms with Crippen molar-refractivity contribution < 1.29 is 14.4 Å². The van der Waals surface area contributed by atoms with E-state index in [2.05, 4.69) is 79.4 Å². The number of piperidine rings is 2. The van der Waals surface area contributed by atoms with Gasteiger partial charge in [-0.2, -0.15) is 0 Å². The van der Waals surface area contributed by atoms with Crippen molar-refractivity contribution in [2.75, 3.05) is 32.7 Å². The summed E-state index contributed by atoms with van der Waals surface area (Å²) in [6, 6.07) is 29.6. The highest BCUT2D eigenvalue weighted by Crippen LogP contribution is 2.42. The molecule has 0 bridgehead atoms. The summed E-state index contributed by atoms with van der Waals surface area (Å²) in [6.45, 7) is 9.37. The lowest BCUT2D eigenvalue weighted by atomic mass is 9.72. The Morgan fingerprint density at radius 3 is 1.93 bits per heavy atom. The lowest BCUT2D eigenvalue weighted by molar-refractivity contribution is -0.967. The van der Waals surface area contributed by atoms with Gasteiger partial charge in [-0.05, 0) is 54.5 Å². The van der Waals surface area contributed by atoms with Gasteiger partial charge in [0.15, 0.2) is 0 Å². The number of primary amides is 1. The molecule has 3 aromatic carbocycles. The fourth-order valence-corrected chi connectivity index (χ4v) is 8.14. The van der Waals surface area contributed by atoms with E-state index < -0.39 is 5.60 Å². The third-order valence-corrected chi connectivity index (χ3v) is 11.0. The summed E-state index contributed by atoms with van der Waals surface area (Å²) in [6.07, 6.45) is 6.51. The highest BCUT2D eigenvalue weighted by atomic mass is 35.5. The first-order valence-corrected chi connectivity index (χ1v) is 16.6. The van der Waals surface area contributed by atoms with Gasteiger partial charge < -0.3 is 15.3 Å². The van der Waals surface area contributed by atoms with Gasteiger partial charge >= 0.3 is 0 Å². The molecular formula is C37H51Cl3N3O2+. The molecule has 45 heavy (non-hydrogen) atoms. The van der Waals surface area contributed by atoms with Crippen LogP contribution in [0.4, 0.5) is 0 Å². The van der Waals surface area contributed by atoms with Gasteiger partial charge in [0.2, 0.25) is 5.91 Å². The Balaban J connectivity index is 0.00000276. The molecule has 0 aliphatic carbocycles. The molecule has 1 atom stereocenters. The Morgan fingerprint density at radius 2 is 1.47 bits per heavy atom. The number of benzene rings is 3. The van der Waals surface area contributed by atoms with Crippen LogP contribution in [0.1, 0.15) is 75.5 Å². The zero-order valence-electron chi connectivity index (χ0n) is 26.7. The lowest BCUT2D eigenvalue weighted by Gasteiger charge is -2.54. The Hall–Kier alpha value is -2.12. The van der Waals surface area contributed by atoms with Crippen LogP contribution in [-0.4, -0.2) is 59.3 Å². The van der Waals surface area contributed by atoms with E-state index in [-0.39, 0.29) is 42.1 Å². The molecule has 1 amide bonds. The molecule has 8 heteroatoms. The number of carbonyl (C=O) groups excluding carboxylic acids is 1. The second-order valence-electron chi connectivity index (χ2n) is 13.2. The van der Waals surface area contributed by atoms with Crippen LogP contribution in [-0.2, 0) is 15.8 Å². The third-order valence-electron chi connectivity index (χ3n) is 10.7. The molecule has 2 fully saturated rings. The predicted molar refractivity (Wildman–Crippen MR) is 190 cm³/mol. The molecule has 5 rings (SSSR count). The van der Waals surface area contributed by atoms with Gasteiger partial charge in [-0.1, -0.05) is 98.2 Å². The van der Waals surface area contributed by atoms with Crippen LogP contribution in [0.3, 0.4) is 0 Å². The maximum atomic E-state index is 12.2. The monoisotopic (exact) mass is 674 g/mol. The zero-order chi connectivity index (χ0) is 30.5. The van der Waals surface area contributed by atoms with Gasteiger partial charge in [-0.15, -0.1) is 24.8 Å². The van der Waals surface area contributed by atoms with Gasteiger partial charge in [-0.3, -0.25) is 9.69 Å². The number of nitrogens with two attached hydrogens (primary N) is 1. The van der Waals surface area contributed by atoms with Gasteiger partial charge in [0.25, 0.3) is 0 Å². The summed E-state index contributed by atoms with van der Waals surface area (Å²) in [4.78, 5) is 14.8. The Morgan fingerprint density at radius 1 is 0.956 bits per heavy atom. The summed E-state index contributed by atoms with van der Waals surface area (Å²) >= 11 is 6.16. The van der Waals surface area contributed by atoms with Gasteiger partial charge in [0, 0.05) is 48.7 Å². The highest BCUT2D eigenvalue weighted by molar-refractivity contribution is 6.30. The van der Waals surface area contributed by atoms with Gasteiger partial charge in [-0.25, -0.2) is 0 Å². The molecule has 2 heterocycles. The number of hydrogen-bond donors (Lipinski definition) is 2. The normalized spacial score (nSPS) is 22.4. The third kappa shape index (κ3) is 8.25. The van der Waals surface area contributed by atoms with Crippen LogP contribution in [0.2, 0.25) is 5.02 Å². The molecule has 1 unspecified atom stereocenters. The quantitative estimate of drug-likeness (QED) is 0.205. The fourth-order valence-electron chi connectivity index (χ4n) is 8.01. The first kappa shape index (κ1) is 37.3. The maximum Gasteiger partial charge on any atom is 0.220 e. The molecule has 0 aromatic heterocycles. The van der Waals surface area contributed by atoms with E-state index in [4.69, 9.17) is 17.3 Å². The topological polar surface area (TPSA) is 66.6 Å². The minimum atomic E-state index is -0.844. The molecule has 246 valence electrons. The second-order valence-corrected chi connectivity index (χ2v) is 13.7. The molecule has 5 nitrogen and oxygen atoms in total. The molecule has 2 aliphatic heterocycles. The summed E-state index contributed by atoms with van der Waals surface area (Å²) in [7, 11) is 0. The number of carbonyl (C=O) groups is 1. The molecule has 0 saturated carbocycles. The van der Waals surface area contributed by atoms with E-state index in [1.807, 2.05) is 24.3 Å². The average Bonchev–Trinajstić information content (AvgIpc) is 3.03. The van der Waals surface area contributed by atoms with Crippen LogP contribution in [0, 0.1) is 5.92 Å². The number of nitrogens with zero attached hydrogens (tertiary/aromatic N) is 2. The van der Waals surface area contributed by atoms with Crippen molar-refractivity contribution in [1.82, 2.24) is 4.90 Å². The largest absolute Gasteiger partial charge is 0.385 e. The summed E-state index contributed by atoms with van der Waals surface area (Å²) in [5.41, 5.74) is 8.44. The predicted octanol–water partition coefficient (Wildman–Crippen LogP) is 7.70. The van der Waals surface area contributed by atoms with Crippen molar-refractivity contribution in [1.29, 1.82) is 0 Å². The Labute approximate surface area is 287 Å². The Kier molecular flexibility index (Phi) is 13.4. The fraction of sp³-hybridized carbons (Fsp3) is 0.486. The highest BCUT2D eigenvalue weighted by Gasteiger charge is 2.47. The molecule has 2 aliphatic rings. The van der Waals surface area contributed by atoms with Crippen molar-refractivity contribution in [2.45, 2.75) is 76.0 Å². The molecule has 0 spiro atoms. The van der Waals surface area contributed by atoms with E-state index in [9.17, 15) is 9.90 Å². The smallest absolute Gasteiger partial charge is 0.220 e. The van der Waals surface area contributed by atoms with Crippen molar-refractivity contribution >= 4 is 42.3 Å². The SMILES string of the molecule is CCC[N+]1(C(CCC(C)(c2ccccc2)c2ccccc2)N2CCC(O)(c3ccc(Cl)cc3)CC2)CCC(C(N)=O)CC1.Cl.Cl. The van der Waals surface area contributed by atoms with E-state index in [0.29, 0.717) is 24.0 Å². The minimum absolute atomic E-state index is 0. The van der Waals surface area contributed by atoms with Crippen LogP contribution < -0.4 is 5.73 Å². The van der Waals surface area contributed by atoms with Crippen molar-refractivity contribution in [3.63, 3.8) is 0 Å². The molecule has 3 aromatic rings. The van der Waals surface area contributed by atoms with E-state index in [1.165, 1.54) is 11.1 Å². The first-order chi connectivity index (χ1) is 20.7. The summed E-state index contributed by atoms with van der Waals surface area (Å²) in [5.74, 6) is -0.184. The van der Waals surface area contributed by atoms with Gasteiger partial charge in [0.1, 0.15) is 6.17 Å². The van der Waals surface area contributed by atoms with Crippen molar-refractivity contribution in [2.24, 2.45) is 11.7 Å². The summed E-state index contributed by atoms with van der Waals surface area (Å²) in [5, 5.41) is 12.4. The minimum Gasteiger partial charge on any atom is -0.385 e. The Bertz CT molecular complexity index is 1280. The number of aliphatic hydroxyl groups is 1. The summed E-state index contributed by atoms with van der Waals surface area (Å²) < 4.78 is 0.999. The first-order valence-electron chi connectivity index (χ1n) is 16.2. The van der Waals surface area contributed by atoms with Crippen LogP contribution in [0.5, 0.6) is 0 Å². The van der Waals surface area contributed by atoms with Crippen LogP contribution in [0.15, 0.2) is 84.9 Å². The number of halogens is 3. The van der Waals surface area contributed by atoms with Crippen molar-refractivity contribution in [3.05, 3.63) is 107 Å². The molecule has 3 N–H and O–H groups in total. The zero-order valence-corrected chi connectivity index (χ0v) is 29.1. The van der Waals surface area contributed by atoms with Crippen LogP contribution >= 0.6 is 36.4 Å². The molecule has 0 radical (unpaired) electrons. The van der Waals surface area contributed by atoms with Gasteiger partial charge in [0.05, 0.1) is 25.2 Å². The standard InChI is InChI=1S/C37H48ClN3O2.2ClH/c1-3-26-41(27-19-29(20-28-41)35(39)42)34(40-24-22-37(43,23-25-40)32-14-16-33(38)17-15-32)18-21-36(2,30-10-6-4-7-11-30)31-12-8-5-9-13-31;;/h4-17,29,34,43H,3,18-28H2,1-2H3,(H-,39,42);2*1H/p+1. The van der Waals surface area contributed by atoms with Crippen molar-refractivity contribution in [3.8, 4) is 0 Å². The molecular weight excluding hydrogens is 625 g/mol. The van der Waals surface area contributed by atoms with E-state index in [0.717, 1.165) is 74.9 Å². The number of likely N-dealkylation sites (tertiary alicyclic amines) is 2. The lowest BCUT2D eigenvalue weighted by Crippen LogP contribution is -2.67. The number of quaternary nitrogens is 1. The number of hydrogen-bond acceptors (Lipinski definition) is 3. The number of amides is 1. The van der Waals surface area contributed by atoms with E-state index >= 15 is 0 Å². The average molecular weight is 676 g/mol. The maximum absolute atomic E-state index is 12.2. The van der Waals surface area contributed by atoms with Crippen LogP contribution in [0.25, 0.3) is 0 Å². The van der Waals surface area contributed by atoms with E-state index in [1.54, 1.807) is 0 Å². The molecule has 2 saturated heterocycles. The number of rotatable bonds is 11.